The largest absolute Gasteiger partial charge is 0.391 e. The Kier molecular flexibility index (Phi) is 6.95. The van der Waals surface area contributed by atoms with E-state index in [0.717, 1.165) is 35.1 Å². The molecule has 0 bridgehead atoms. The van der Waals surface area contributed by atoms with Crippen molar-refractivity contribution in [3.8, 4) is 11.1 Å². The van der Waals surface area contributed by atoms with Gasteiger partial charge in [-0.3, -0.25) is 0 Å². The third-order valence-corrected chi connectivity index (χ3v) is 4.87. The van der Waals surface area contributed by atoms with Gasteiger partial charge in [-0.1, -0.05) is 48.5 Å². The minimum Gasteiger partial charge on any atom is -0.391 e. The second-order valence-corrected chi connectivity index (χ2v) is 8.48. The van der Waals surface area contributed by atoms with Gasteiger partial charge in [0.1, 0.15) is 26.2 Å². The lowest BCUT2D eigenvalue weighted by molar-refractivity contribution is -0.903. The molecular weight excluding hydrogens is 324 g/mol. The van der Waals surface area contributed by atoms with Crippen molar-refractivity contribution in [2.75, 3.05) is 54.5 Å². The molecule has 2 aromatic carbocycles. The van der Waals surface area contributed by atoms with Crippen LogP contribution >= 0.6 is 0 Å². The molecule has 0 aliphatic carbocycles. The van der Waals surface area contributed by atoms with Crippen LogP contribution in [-0.2, 0) is 13.1 Å². The van der Waals surface area contributed by atoms with Crippen LogP contribution < -0.4 is 0 Å². The summed E-state index contributed by atoms with van der Waals surface area (Å²) in [7, 11) is 8.55. The number of aliphatic hydroxyl groups is 2. The average Bonchev–Trinajstić information content (AvgIpc) is 2.55. The third-order valence-electron chi connectivity index (χ3n) is 4.87. The molecule has 0 spiro atoms. The summed E-state index contributed by atoms with van der Waals surface area (Å²) in [5.74, 6) is 0. The Morgan fingerprint density at radius 2 is 0.885 bits per heavy atom. The fraction of sp³-hybridized carbons (Fsp3) is 0.455. The van der Waals surface area contributed by atoms with E-state index in [-0.39, 0.29) is 13.2 Å². The molecule has 0 unspecified atom stereocenters. The molecule has 0 amide bonds. The van der Waals surface area contributed by atoms with Crippen LogP contribution in [0.1, 0.15) is 11.1 Å². The summed E-state index contributed by atoms with van der Waals surface area (Å²) in [6, 6.07) is 17.4. The molecule has 26 heavy (non-hydrogen) atoms. The van der Waals surface area contributed by atoms with E-state index < -0.39 is 0 Å². The van der Waals surface area contributed by atoms with Gasteiger partial charge in [0.15, 0.2) is 0 Å². The van der Waals surface area contributed by atoms with Gasteiger partial charge in [-0.05, 0) is 11.1 Å². The van der Waals surface area contributed by atoms with Gasteiger partial charge >= 0.3 is 0 Å². The van der Waals surface area contributed by atoms with Crippen LogP contribution in [0.3, 0.4) is 0 Å². The highest BCUT2D eigenvalue weighted by Gasteiger charge is 2.16. The van der Waals surface area contributed by atoms with Crippen molar-refractivity contribution in [2.24, 2.45) is 0 Å². The normalized spacial score (nSPS) is 12.4. The zero-order chi connectivity index (χ0) is 19.2. The summed E-state index contributed by atoms with van der Waals surface area (Å²) >= 11 is 0. The summed E-state index contributed by atoms with van der Waals surface area (Å²) in [6.45, 7) is 3.77. The Balaban J connectivity index is 2.05. The number of hydrogen-bond acceptors (Lipinski definition) is 2. The molecule has 0 aliphatic rings. The molecule has 2 aromatic rings. The van der Waals surface area contributed by atoms with Crippen LogP contribution in [0.15, 0.2) is 48.5 Å². The van der Waals surface area contributed by atoms with Gasteiger partial charge in [0.05, 0.1) is 41.4 Å². The van der Waals surface area contributed by atoms with Crippen molar-refractivity contribution in [3.63, 3.8) is 0 Å². The Morgan fingerprint density at radius 3 is 1.15 bits per heavy atom. The number of hydrogen-bond donors (Lipinski definition) is 2. The number of likely N-dealkylation sites (N-methyl/N-ethyl adjacent to an activating group) is 2. The van der Waals surface area contributed by atoms with E-state index in [9.17, 15) is 0 Å². The lowest BCUT2D eigenvalue weighted by Crippen LogP contribution is -2.41. The van der Waals surface area contributed by atoms with Crippen molar-refractivity contribution in [1.29, 1.82) is 0 Å². The van der Waals surface area contributed by atoms with Crippen LogP contribution in [0.5, 0.6) is 0 Å². The van der Waals surface area contributed by atoms with Crippen molar-refractivity contribution >= 4 is 0 Å². The molecule has 0 aliphatic heterocycles. The number of nitrogens with zero attached hydrogens (tertiary/aromatic N) is 2. The van der Waals surface area contributed by atoms with E-state index in [1.807, 2.05) is 0 Å². The first-order valence-electron chi connectivity index (χ1n) is 9.29. The van der Waals surface area contributed by atoms with Crippen LogP contribution in [-0.4, -0.2) is 73.7 Å². The lowest BCUT2D eigenvalue weighted by Gasteiger charge is -2.29. The maximum absolute atomic E-state index is 9.17. The molecule has 4 nitrogen and oxygen atoms in total. The SMILES string of the molecule is C[N+](C)(CCO)Cc1ccc(-c2ccc(C[N+](C)(C)CCO)cc2)cc1. The van der Waals surface area contributed by atoms with E-state index in [1.165, 1.54) is 22.3 Å². The second kappa shape index (κ2) is 8.78. The van der Waals surface area contributed by atoms with E-state index in [1.54, 1.807) is 0 Å². The van der Waals surface area contributed by atoms with Crippen molar-refractivity contribution < 1.29 is 19.2 Å². The van der Waals surface area contributed by atoms with Gasteiger partial charge in [-0.15, -0.1) is 0 Å². The molecule has 2 rings (SSSR count). The fourth-order valence-electron chi connectivity index (χ4n) is 3.29. The van der Waals surface area contributed by atoms with Crippen LogP contribution in [0, 0.1) is 0 Å². The Morgan fingerprint density at radius 1 is 0.577 bits per heavy atom. The Labute approximate surface area is 158 Å². The quantitative estimate of drug-likeness (QED) is 0.676. The molecule has 0 fully saturated rings. The number of quaternary nitrogens is 2. The summed E-state index contributed by atoms with van der Waals surface area (Å²) in [6.07, 6.45) is 0. The van der Waals surface area contributed by atoms with Crippen LogP contribution in [0.2, 0.25) is 0 Å². The Hall–Kier alpha value is -1.72. The maximum atomic E-state index is 9.17. The molecule has 4 heteroatoms. The second-order valence-electron chi connectivity index (χ2n) is 8.48. The zero-order valence-corrected chi connectivity index (χ0v) is 16.7. The van der Waals surface area contributed by atoms with Crippen LogP contribution in [0.25, 0.3) is 11.1 Å². The third kappa shape index (κ3) is 6.22. The summed E-state index contributed by atoms with van der Waals surface area (Å²) in [5.41, 5.74) is 5.01. The Bertz CT molecular complexity index is 615. The smallest absolute Gasteiger partial charge is 0.104 e. The topological polar surface area (TPSA) is 40.5 Å². The molecule has 142 valence electrons. The van der Waals surface area contributed by atoms with Crippen molar-refractivity contribution in [2.45, 2.75) is 13.1 Å². The highest BCUT2D eigenvalue weighted by molar-refractivity contribution is 5.63. The predicted molar refractivity (Wildman–Crippen MR) is 107 cm³/mol. The molecule has 2 N–H and O–H groups in total. The predicted octanol–water partition coefficient (Wildman–Crippen LogP) is 2.49. The number of rotatable bonds is 9. The van der Waals surface area contributed by atoms with Gasteiger partial charge in [0, 0.05) is 11.1 Å². The highest BCUT2D eigenvalue weighted by atomic mass is 16.3. The first-order valence-corrected chi connectivity index (χ1v) is 9.29. The molecule has 0 saturated carbocycles. The summed E-state index contributed by atoms with van der Waals surface area (Å²) in [4.78, 5) is 0. The monoisotopic (exact) mass is 358 g/mol. The molecule has 0 aromatic heterocycles. The fourth-order valence-corrected chi connectivity index (χ4v) is 3.29. The first-order chi connectivity index (χ1) is 12.2. The zero-order valence-electron chi connectivity index (χ0n) is 16.7. The van der Waals surface area contributed by atoms with Gasteiger partial charge in [0.2, 0.25) is 0 Å². The molecule has 0 saturated heterocycles. The minimum atomic E-state index is 0.214. The van der Waals surface area contributed by atoms with Crippen molar-refractivity contribution in [1.82, 2.24) is 0 Å². The molecule has 0 atom stereocenters. The van der Waals surface area contributed by atoms with Crippen LogP contribution in [0.4, 0.5) is 0 Å². The average molecular weight is 359 g/mol. The molecular formula is C22H34N2O2+2. The van der Waals surface area contributed by atoms with E-state index in [2.05, 4.69) is 76.7 Å². The number of aliphatic hydroxyl groups excluding tert-OH is 2. The molecule has 0 heterocycles. The summed E-state index contributed by atoms with van der Waals surface area (Å²) in [5, 5.41) is 18.3. The highest BCUT2D eigenvalue weighted by Crippen LogP contribution is 2.22. The minimum absolute atomic E-state index is 0.214. The van der Waals surface area contributed by atoms with E-state index >= 15 is 0 Å². The number of benzene rings is 2. The maximum Gasteiger partial charge on any atom is 0.104 e. The van der Waals surface area contributed by atoms with E-state index in [0.29, 0.717) is 0 Å². The van der Waals surface area contributed by atoms with Gasteiger partial charge in [0.25, 0.3) is 0 Å². The van der Waals surface area contributed by atoms with E-state index in [4.69, 9.17) is 10.2 Å². The van der Waals surface area contributed by atoms with Gasteiger partial charge in [-0.2, -0.15) is 0 Å². The van der Waals surface area contributed by atoms with Crippen molar-refractivity contribution in [3.05, 3.63) is 59.7 Å². The van der Waals surface area contributed by atoms with Gasteiger partial charge in [-0.25, -0.2) is 0 Å². The summed E-state index contributed by atoms with van der Waals surface area (Å²) < 4.78 is 1.57. The lowest BCUT2D eigenvalue weighted by atomic mass is 10.0. The first kappa shape index (κ1) is 20.6. The molecule has 0 radical (unpaired) electrons. The standard InChI is InChI=1S/C22H34N2O2/c1-23(2,13-15-25)17-19-5-9-21(10-6-19)22-11-7-20(8-12-22)18-24(3,4)14-16-26/h5-12,25-26H,13-18H2,1-4H3/q+2. The van der Waals surface area contributed by atoms with Gasteiger partial charge < -0.3 is 19.2 Å².